The minimum atomic E-state index is -0.627. The Balaban J connectivity index is 1.01. The van der Waals surface area contributed by atoms with E-state index in [0.717, 1.165) is 84.0 Å². The molecule has 0 saturated carbocycles. The van der Waals surface area contributed by atoms with E-state index in [2.05, 4.69) is 170 Å². The van der Waals surface area contributed by atoms with Crippen molar-refractivity contribution in [1.82, 2.24) is 15.0 Å². The second-order valence-corrected chi connectivity index (χ2v) is 15.5. The van der Waals surface area contributed by atoms with Crippen molar-refractivity contribution in [2.24, 2.45) is 0 Å². The molecule has 2 aromatic heterocycles. The predicted octanol–water partition coefficient (Wildman–Crippen LogP) is 13.8. The number of nitrogens with zero attached hydrogens (tertiary/aromatic N) is 3. The fourth-order valence-corrected chi connectivity index (χ4v) is 9.37. The Morgan fingerprint density at radius 1 is 0.317 bits per heavy atom. The monoisotopic (exact) mass is 765 g/mol. The lowest BCUT2D eigenvalue weighted by atomic mass is 9.65. The number of hydrogen-bond donors (Lipinski definition) is 0. The summed E-state index contributed by atoms with van der Waals surface area (Å²) in [5, 5.41) is 1.13. The quantitative estimate of drug-likeness (QED) is 0.175. The normalized spacial score (nSPS) is 12.9. The van der Waals surface area contributed by atoms with Crippen LogP contribution in [0, 0.1) is 0 Å². The first-order valence-electron chi connectivity index (χ1n) is 20.3. The Hall–Kier alpha value is -7.95. The molecule has 0 bridgehead atoms. The molecule has 1 aliphatic carbocycles. The summed E-state index contributed by atoms with van der Waals surface area (Å²) in [7, 11) is 0. The van der Waals surface area contributed by atoms with Crippen LogP contribution in [0.25, 0.3) is 78.3 Å². The van der Waals surface area contributed by atoms with Crippen molar-refractivity contribution in [1.29, 1.82) is 0 Å². The number of aromatic nitrogens is 3. The van der Waals surface area contributed by atoms with Gasteiger partial charge in [0.2, 0.25) is 0 Å². The SMILES string of the molecule is c1ccc(-c2cc(-c3ccccc3)nc(-c3ccc(-c4ccc5c(c4)C4(c6ccccc6Oc6ccccc64)c4cc(-c6ccc7ccccc7n6)ccc4-5)cc3)n2)cc1. The summed E-state index contributed by atoms with van der Waals surface area (Å²) in [6, 6.07) is 74.9. The zero-order valence-electron chi connectivity index (χ0n) is 32.5. The topological polar surface area (TPSA) is 47.9 Å². The van der Waals surface area contributed by atoms with Crippen LogP contribution in [0.3, 0.4) is 0 Å². The summed E-state index contributed by atoms with van der Waals surface area (Å²) >= 11 is 0. The highest BCUT2D eigenvalue weighted by Gasteiger charge is 2.51. The molecule has 4 nitrogen and oxygen atoms in total. The molecule has 60 heavy (non-hydrogen) atoms. The maximum Gasteiger partial charge on any atom is 0.160 e. The lowest BCUT2D eigenvalue weighted by Crippen LogP contribution is -2.32. The Morgan fingerprint density at radius 3 is 1.48 bits per heavy atom. The van der Waals surface area contributed by atoms with Crippen molar-refractivity contribution in [3.05, 3.63) is 235 Å². The third-order valence-corrected chi connectivity index (χ3v) is 12.2. The summed E-state index contributed by atoms with van der Waals surface area (Å²) in [4.78, 5) is 15.3. The van der Waals surface area contributed by atoms with Crippen LogP contribution in [0.5, 0.6) is 11.5 Å². The molecule has 0 saturated heterocycles. The highest BCUT2D eigenvalue weighted by Crippen LogP contribution is 2.62. The van der Waals surface area contributed by atoms with Crippen molar-refractivity contribution in [3.8, 4) is 78.9 Å². The third-order valence-electron chi connectivity index (χ3n) is 12.2. The van der Waals surface area contributed by atoms with E-state index in [1.54, 1.807) is 0 Å². The summed E-state index contributed by atoms with van der Waals surface area (Å²) in [5.74, 6) is 2.43. The van der Waals surface area contributed by atoms with E-state index >= 15 is 0 Å². The Bertz CT molecular complexity index is 3180. The third kappa shape index (κ3) is 5.35. The molecule has 0 unspecified atom stereocenters. The van der Waals surface area contributed by atoms with Crippen LogP contribution in [-0.2, 0) is 5.41 Å². The Kier molecular flexibility index (Phi) is 7.72. The first-order valence-corrected chi connectivity index (χ1v) is 20.3. The smallest absolute Gasteiger partial charge is 0.160 e. The number of para-hydroxylation sites is 3. The maximum absolute atomic E-state index is 6.68. The van der Waals surface area contributed by atoms with Crippen molar-refractivity contribution >= 4 is 10.9 Å². The van der Waals surface area contributed by atoms with Gasteiger partial charge in [0.25, 0.3) is 0 Å². The van der Waals surface area contributed by atoms with Crippen LogP contribution < -0.4 is 4.74 Å². The van der Waals surface area contributed by atoms with Gasteiger partial charge in [-0.05, 0) is 75.8 Å². The molecular formula is C56H35N3O. The van der Waals surface area contributed by atoms with Gasteiger partial charge in [0.1, 0.15) is 11.5 Å². The van der Waals surface area contributed by atoms with Crippen LogP contribution in [0.2, 0.25) is 0 Å². The molecule has 0 N–H and O–H groups in total. The fraction of sp³-hybridized carbons (Fsp3) is 0.0179. The summed E-state index contributed by atoms with van der Waals surface area (Å²) < 4.78 is 6.68. The van der Waals surface area contributed by atoms with Gasteiger partial charge in [-0.15, -0.1) is 0 Å². The van der Waals surface area contributed by atoms with Crippen LogP contribution in [0.1, 0.15) is 22.3 Å². The maximum atomic E-state index is 6.68. The molecule has 1 aliphatic heterocycles. The predicted molar refractivity (Wildman–Crippen MR) is 242 cm³/mol. The molecule has 0 atom stereocenters. The van der Waals surface area contributed by atoms with E-state index in [1.807, 2.05) is 42.5 Å². The molecule has 2 aliphatic rings. The highest BCUT2D eigenvalue weighted by atomic mass is 16.5. The average molecular weight is 766 g/mol. The van der Waals surface area contributed by atoms with Crippen molar-refractivity contribution in [2.75, 3.05) is 0 Å². The number of hydrogen-bond acceptors (Lipinski definition) is 4. The summed E-state index contributed by atoms with van der Waals surface area (Å²) in [6.45, 7) is 0. The molecule has 1 spiro atoms. The van der Waals surface area contributed by atoms with E-state index in [0.29, 0.717) is 5.82 Å². The lowest BCUT2D eigenvalue weighted by molar-refractivity contribution is 0.436. The number of pyridine rings is 1. The zero-order chi connectivity index (χ0) is 39.6. The zero-order valence-corrected chi connectivity index (χ0v) is 32.5. The molecule has 10 aromatic rings. The molecule has 280 valence electrons. The molecule has 0 fully saturated rings. The van der Waals surface area contributed by atoms with Crippen molar-refractivity contribution in [2.45, 2.75) is 5.41 Å². The van der Waals surface area contributed by atoms with E-state index in [9.17, 15) is 0 Å². The van der Waals surface area contributed by atoms with Gasteiger partial charge in [0.05, 0.1) is 28.0 Å². The van der Waals surface area contributed by atoms with Gasteiger partial charge in [-0.25, -0.2) is 15.0 Å². The Labute approximate surface area is 348 Å². The van der Waals surface area contributed by atoms with E-state index in [1.165, 1.54) is 22.3 Å². The molecule has 8 aromatic carbocycles. The number of ether oxygens (including phenoxy) is 1. The van der Waals surface area contributed by atoms with Gasteiger partial charge < -0.3 is 4.74 Å². The average Bonchev–Trinajstić information content (AvgIpc) is 3.61. The highest BCUT2D eigenvalue weighted by molar-refractivity contribution is 5.92. The van der Waals surface area contributed by atoms with Gasteiger partial charge in [0.15, 0.2) is 5.82 Å². The fourth-order valence-electron chi connectivity index (χ4n) is 9.37. The summed E-state index contributed by atoms with van der Waals surface area (Å²) in [6.07, 6.45) is 0. The van der Waals surface area contributed by atoms with Crippen LogP contribution >= 0.6 is 0 Å². The van der Waals surface area contributed by atoms with E-state index in [-0.39, 0.29) is 0 Å². The van der Waals surface area contributed by atoms with Crippen LogP contribution in [0.4, 0.5) is 0 Å². The van der Waals surface area contributed by atoms with E-state index < -0.39 is 5.41 Å². The molecular weight excluding hydrogens is 731 g/mol. The van der Waals surface area contributed by atoms with Gasteiger partial charge in [-0.1, -0.05) is 170 Å². The van der Waals surface area contributed by atoms with Gasteiger partial charge >= 0.3 is 0 Å². The van der Waals surface area contributed by atoms with Gasteiger partial charge in [0, 0.05) is 38.8 Å². The first kappa shape index (κ1) is 34.1. The number of benzene rings is 8. The minimum absolute atomic E-state index is 0.627. The number of rotatable bonds is 5. The van der Waals surface area contributed by atoms with Crippen LogP contribution in [-0.4, -0.2) is 15.0 Å². The van der Waals surface area contributed by atoms with Crippen molar-refractivity contribution in [3.63, 3.8) is 0 Å². The second-order valence-electron chi connectivity index (χ2n) is 15.5. The summed E-state index contributed by atoms with van der Waals surface area (Å²) in [5.41, 5.74) is 16.6. The van der Waals surface area contributed by atoms with Crippen molar-refractivity contribution < 1.29 is 4.74 Å². The minimum Gasteiger partial charge on any atom is -0.457 e. The van der Waals surface area contributed by atoms with E-state index in [4.69, 9.17) is 19.7 Å². The molecule has 4 heteroatoms. The molecule has 0 radical (unpaired) electrons. The molecule has 0 amide bonds. The van der Waals surface area contributed by atoms with Gasteiger partial charge in [-0.2, -0.15) is 0 Å². The van der Waals surface area contributed by atoms with Crippen LogP contribution in [0.15, 0.2) is 212 Å². The molecule has 3 heterocycles. The molecule has 12 rings (SSSR count). The Morgan fingerprint density at radius 2 is 0.833 bits per heavy atom. The second kappa shape index (κ2) is 13.6. The largest absolute Gasteiger partial charge is 0.457 e. The first-order chi connectivity index (χ1) is 29.7. The standard InChI is InChI=1S/C56H35N3O/c1-3-13-37(14-4-1)51-35-52(38-15-5-2-6-16-38)59-55(58-51)40-25-23-36(24-26-40)41-27-30-43-44-31-28-42(50-32-29-39-17-7-10-20-49(39)57-50)34-48(44)56(47(43)33-41)45-18-8-11-21-53(45)60-54-22-12-9-19-46(54)56/h1-35H. The number of fused-ring (bicyclic) bond motifs is 10. The lowest BCUT2D eigenvalue weighted by Gasteiger charge is -2.39. The van der Waals surface area contributed by atoms with Gasteiger partial charge in [-0.3, -0.25) is 0 Å².